The molecule has 2 aliphatic heterocycles. The van der Waals surface area contributed by atoms with Crippen LogP contribution in [0.5, 0.6) is 0 Å². The van der Waals surface area contributed by atoms with Crippen LogP contribution in [0.15, 0.2) is 17.5 Å². The molecule has 5 heterocycles. The average molecular weight is 341 g/mol. The third-order valence-corrected chi connectivity index (χ3v) is 5.78. The Labute approximate surface area is 143 Å². The van der Waals surface area contributed by atoms with Gasteiger partial charge in [0.1, 0.15) is 0 Å². The minimum absolute atomic E-state index is 0.417. The molecule has 3 aromatic heterocycles. The Bertz CT molecular complexity index is 886. The van der Waals surface area contributed by atoms with Crippen molar-refractivity contribution in [3.63, 3.8) is 0 Å². The van der Waals surface area contributed by atoms with E-state index in [2.05, 4.69) is 31.1 Å². The zero-order valence-corrected chi connectivity index (χ0v) is 14.2. The van der Waals surface area contributed by atoms with Crippen molar-refractivity contribution in [2.45, 2.75) is 44.3 Å². The van der Waals surface area contributed by atoms with Crippen LogP contribution in [0.25, 0.3) is 10.2 Å². The number of nitrogens with one attached hydrogen (secondary N) is 4. The molecule has 0 amide bonds. The number of aromatic amines is 1. The topological polar surface area (TPSA) is 90.6 Å². The largest absolute Gasteiger partial charge is 0.350 e. The fourth-order valence-corrected chi connectivity index (χ4v) is 4.54. The smallest absolute Gasteiger partial charge is 0.225 e. The van der Waals surface area contributed by atoms with E-state index in [1.165, 1.54) is 12.8 Å². The number of anilines is 3. The van der Waals surface area contributed by atoms with Gasteiger partial charge in [-0.3, -0.25) is 5.10 Å². The molecule has 3 aromatic rings. The summed E-state index contributed by atoms with van der Waals surface area (Å²) >= 11 is 1.64. The molecule has 124 valence electrons. The fraction of sp³-hybridized carbons (Fsp3) is 0.438. The first-order valence-corrected chi connectivity index (χ1v) is 9.19. The number of rotatable bonds is 4. The average Bonchev–Trinajstić information content (AvgIpc) is 3.31. The van der Waals surface area contributed by atoms with Crippen molar-refractivity contribution < 1.29 is 0 Å². The van der Waals surface area contributed by atoms with E-state index in [0.717, 1.165) is 34.0 Å². The summed E-state index contributed by atoms with van der Waals surface area (Å²) in [4.78, 5) is 9.40. The third-order valence-electron chi connectivity index (χ3n) is 4.87. The van der Waals surface area contributed by atoms with Gasteiger partial charge in [0.25, 0.3) is 0 Å². The maximum absolute atomic E-state index is 4.72. The first-order chi connectivity index (χ1) is 11.7. The summed E-state index contributed by atoms with van der Waals surface area (Å²) in [7, 11) is 0. The maximum Gasteiger partial charge on any atom is 0.225 e. The van der Waals surface area contributed by atoms with Crippen LogP contribution in [-0.2, 0) is 0 Å². The summed E-state index contributed by atoms with van der Waals surface area (Å²) in [5.41, 5.74) is 1.98. The molecule has 3 atom stereocenters. The highest BCUT2D eigenvalue weighted by Gasteiger charge is 2.39. The van der Waals surface area contributed by atoms with Gasteiger partial charge in [0.2, 0.25) is 5.95 Å². The predicted octanol–water partition coefficient (Wildman–Crippen LogP) is 2.77. The molecule has 2 bridgehead atoms. The van der Waals surface area contributed by atoms with Crippen LogP contribution in [-0.4, -0.2) is 38.3 Å². The van der Waals surface area contributed by atoms with Gasteiger partial charge in [-0.1, -0.05) is 0 Å². The van der Waals surface area contributed by atoms with E-state index in [4.69, 9.17) is 4.98 Å². The van der Waals surface area contributed by atoms with E-state index in [0.29, 0.717) is 24.1 Å². The van der Waals surface area contributed by atoms with E-state index in [1.807, 2.05) is 24.4 Å². The minimum atomic E-state index is 0.417. The predicted molar refractivity (Wildman–Crippen MR) is 96.0 cm³/mol. The molecule has 2 saturated heterocycles. The highest BCUT2D eigenvalue weighted by atomic mass is 32.1. The van der Waals surface area contributed by atoms with Crippen molar-refractivity contribution in [3.8, 4) is 0 Å². The number of aromatic nitrogens is 4. The minimum Gasteiger partial charge on any atom is -0.350 e. The molecule has 0 aromatic carbocycles. The van der Waals surface area contributed by atoms with Crippen LogP contribution in [0.1, 0.15) is 25.0 Å². The lowest BCUT2D eigenvalue weighted by Crippen LogP contribution is -2.34. The molecule has 8 heteroatoms. The van der Waals surface area contributed by atoms with Crippen LogP contribution in [0.3, 0.4) is 0 Å². The normalized spacial score (nSPS) is 25.5. The van der Waals surface area contributed by atoms with Crippen molar-refractivity contribution >= 4 is 39.1 Å². The van der Waals surface area contributed by atoms with Gasteiger partial charge in [0.15, 0.2) is 11.6 Å². The van der Waals surface area contributed by atoms with Crippen LogP contribution >= 0.6 is 11.3 Å². The van der Waals surface area contributed by atoms with Crippen LogP contribution in [0.2, 0.25) is 0 Å². The number of nitrogens with zero attached hydrogens (tertiary/aromatic N) is 3. The first-order valence-electron chi connectivity index (χ1n) is 8.31. The molecule has 5 rings (SSSR count). The number of hydrogen-bond donors (Lipinski definition) is 4. The summed E-state index contributed by atoms with van der Waals surface area (Å²) in [5.74, 6) is 2.27. The van der Waals surface area contributed by atoms with Crippen molar-refractivity contribution in [2.75, 3.05) is 10.6 Å². The quantitative estimate of drug-likeness (QED) is 0.583. The van der Waals surface area contributed by atoms with Crippen LogP contribution in [0.4, 0.5) is 17.6 Å². The Morgan fingerprint density at radius 3 is 3.00 bits per heavy atom. The lowest BCUT2D eigenvalue weighted by molar-refractivity contribution is 0.525. The van der Waals surface area contributed by atoms with Crippen LogP contribution in [0, 0.1) is 6.92 Å². The Morgan fingerprint density at radius 1 is 1.29 bits per heavy atom. The van der Waals surface area contributed by atoms with E-state index in [-0.39, 0.29) is 0 Å². The summed E-state index contributed by atoms with van der Waals surface area (Å²) in [5, 5.41) is 19.7. The van der Waals surface area contributed by atoms with Crippen molar-refractivity contribution in [3.05, 3.63) is 23.2 Å². The summed E-state index contributed by atoms with van der Waals surface area (Å²) in [6.45, 7) is 1.98. The van der Waals surface area contributed by atoms with Gasteiger partial charge in [-0.15, -0.1) is 11.3 Å². The Morgan fingerprint density at radius 2 is 2.25 bits per heavy atom. The van der Waals surface area contributed by atoms with Gasteiger partial charge >= 0.3 is 0 Å². The molecule has 0 aliphatic carbocycles. The van der Waals surface area contributed by atoms with E-state index < -0.39 is 0 Å². The molecule has 0 saturated carbocycles. The molecule has 2 aliphatic rings. The number of hydrogen-bond acceptors (Lipinski definition) is 7. The zero-order valence-electron chi connectivity index (χ0n) is 13.3. The second-order valence-electron chi connectivity index (χ2n) is 6.63. The molecule has 0 spiro atoms. The fourth-order valence-electron chi connectivity index (χ4n) is 3.77. The summed E-state index contributed by atoms with van der Waals surface area (Å²) in [6, 6.07) is 5.62. The lowest BCUT2D eigenvalue weighted by atomic mass is 9.96. The van der Waals surface area contributed by atoms with Crippen LogP contribution < -0.4 is 16.0 Å². The third kappa shape index (κ3) is 2.42. The molecule has 2 unspecified atom stereocenters. The maximum atomic E-state index is 4.72. The van der Waals surface area contributed by atoms with E-state index in [9.17, 15) is 0 Å². The molecule has 7 nitrogen and oxygen atoms in total. The highest BCUT2D eigenvalue weighted by molar-refractivity contribution is 7.17. The standard InChI is InChI=1S/C16H19N7S/c1-8-6-13(23-22-8)20-15-14-11(4-5-24-14)18-16(21-15)19-12-7-9-2-3-10(12)17-9/h4-6,9-10,12,17H,2-3,7H2,1H3,(H3,18,19,20,21,22,23)/t9?,10?,12-/m1/s1. The van der Waals surface area contributed by atoms with Gasteiger partial charge in [0.05, 0.1) is 10.2 Å². The van der Waals surface area contributed by atoms with E-state index in [1.54, 1.807) is 11.3 Å². The Balaban J connectivity index is 1.46. The molecule has 2 fully saturated rings. The van der Waals surface area contributed by atoms with E-state index >= 15 is 0 Å². The molecule has 0 radical (unpaired) electrons. The van der Waals surface area contributed by atoms with Gasteiger partial charge in [-0.25, -0.2) is 4.98 Å². The molecule has 4 N–H and O–H groups in total. The highest BCUT2D eigenvalue weighted by Crippen LogP contribution is 2.32. The zero-order chi connectivity index (χ0) is 16.1. The van der Waals surface area contributed by atoms with Gasteiger partial charge in [0, 0.05) is 29.9 Å². The number of H-pyrrole nitrogens is 1. The van der Waals surface area contributed by atoms with Gasteiger partial charge in [-0.2, -0.15) is 10.1 Å². The lowest BCUT2D eigenvalue weighted by Gasteiger charge is -2.21. The molecular formula is C16H19N7S. The van der Waals surface area contributed by atoms with Crippen molar-refractivity contribution in [2.24, 2.45) is 0 Å². The van der Waals surface area contributed by atoms with Gasteiger partial charge < -0.3 is 16.0 Å². The second kappa shape index (κ2) is 5.42. The SMILES string of the molecule is Cc1cc(Nc2nc(N[C@@H]3CC4CCC3N4)nc3ccsc23)n[nH]1. The summed E-state index contributed by atoms with van der Waals surface area (Å²) in [6.07, 6.45) is 3.68. The molecule has 24 heavy (non-hydrogen) atoms. The van der Waals surface area contributed by atoms with Gasteiger partial charge in [-0.05, 0) is 37.6 Å². The monoisotopic (exact) mass is 341 g/mol. The first kappa shape index (κ1) is 14.2. The Hall–Kier alpha value is -2.19. The van der Waals surface area contributed by atoms with Crippen molar-refractivity contribution in [1.82, 2.24) is 25.5 Å². The number of aryl methyl sites for hydroxylation is 1. The number of thiophene rings is 1. The van der Waals surface area contributed by atoms with Crippen molar-refractivity contribution in [1.29, 1.82) is 0 Å². The Kier molecular flexibility index (Phi) is 3.20. The number of fused-ring (bicyclic) bond motifs is 3. The molecular weight excluding hydrogens is 322 g/mol. The summed E-state index contributed by atoms with van der Waals surface area (Å²) < 4.78 is 1.05. The second-order valence-corrected chi connectivity index (χ2v) is 7.54.